The lowest BCUT2D eigenvalue weighted by Crippen LogP contribution is -2.43. The summed E-state index contributed by atoms with van der Waals surface area (Å²) >= 11 is 0. The molecule has 2 heterocycles. The number of aromatic nitrogens is 2. The molecule has 2 N–H and O–H groups in total. The van der Waals surface area contributed by atoms with Gasteiger partial charge in [-0.15, -0.1) is 0 Å². The van der Waals surface area contributed by atoms with E-state index in [-0.39, 0.29) is 17.9 Å². The molecule has 0 aliphatic heterocycles. The van der Waals surface area contributed by atoms with Gasteiger partial charge in [-0.3, -0.25) is 14.0 Å². The van der Waals surface area contributed by atoms with E-state index in [2.05, 4.69) is 10.3 Å². The van der Waals surface area contributed by atoms with Crippen LogP contribution in [0.5, 0.6) is 0 Å². The minimum absolute atomic E-state index is 0.0925. The highest BCUT2D eigenvalue weighted by Crippen LogP contribution is 2.06. The molecule has 0 aliphatic carbocycles. The topological polar surface area (TPSA) is 101 Å². The van der Waals surface area contributed by atoms with Crippen LogP contribution in [0.1, 0.15) is 36.2 Å². The number of hydrogen-bond donors (Lipinski definition) is 2. The van der Waals surface area contributed by atoms with Crippen LogP contribution in [0, 0.1) is 12.8 Å². The van der Waals surface area contributed by atoms with E-state index in [1.54, 1.807) is 12.3 Å². The number of nitrogens with one attached hydrogen (secondary N) is 1. The summed E-state index contributed by atoms with van der Waals surface area (Å²) in [4.78, 5) is 40.0. The lowest BCUT2D eigenvalue weighted by molar-refractivity contribution is -0.139. The van der Waals surface area contributed by atoms with Crippen molar-refractivity contribution in [1.82, 2.24) is 14.7 Å². The van der Waals surface area contributed by atoms with Crippen LogP contribution in [-0.2, 0) is 4.79 Å². The van der Waals surface area contributed by atoms with Crippen molar-refractivity contribution in [2.45, 2.75) is 33.2 Å². The molecule has 2 rings (SSSR count). The highest BCUT2D eigenvalue weighted by molar-refractivity contribution is 5.96. The van der Waals surface area contributed by atoms with Crippen molar-refractivity contribution in [3.05, 3.63) is 46.0 Å². The summed E-state index contributed by atoms with van der Waals surface area (Å²) < 4.78 is 1.28. The summed E-state index contributed by atoms with van der Waals surface area (Å²) in [5.74, 6) is -1.77. The molecular weight excluding hydrogens is 298 g/mol. The molecule has 2 aromatic rings. The Labute approximate surface area is 133 Å². The number of rotatable bonds is 5. The quantitative estimate of drug-likeness (QED) is 0.864. The van der Waals surface area contributed by atoms with Crippen LogP contribution >= 0.6 is 0 Å². The van der Waals surface area contributed by atoms with Crippen molar-refractivity contribution < 1.29 is 14.7 Å². The molecule has 0 unspecified atom stereocenters. The predicted octanol–water partition coefficient (Wildman–Crippen LogP) is 1.23. The molecule has 0 aromatic carbocycles. The molecule has 2 aromatic heterocycles. The number of hydrogen-bond acceptors (Lipinski definition) is 4. The highest BCUT2D eigenvalue weighted by atomic mass is 16.4. The Morgan fingerprint density at radius 1 is 1.35 bits per heavy atom. The molecule has 0 fully saturated rings. The maximum absolute atomic E-state index is 12.4. The molecule has 7 heteroatoms. The van der Waals surface area contributed by atoms with Gasteiger partial charge in [-0.25, -0.2) is 9.78 Å². The Morgan fingerprint density at radius 3 is 2.65 bits per heavy atom. The average Bonchev–Trinajstić information content (AvgIpc) is 2.46. The normalized spacial score (nSPS) is 12.3. The molecule has 0 saturated heterocycles. The van der Waals surface area contributed by atoms with Crippen LogP contribution in [0.4, 0.5) is 0 Å². The van der Waals surface area contributed by atoms with Crippen LogP contribution < -0.4 is 10.9 Å². The van der Waals surface area contributed by atoms with E-state index in [4.69, 9.17) is 0 Å². The number of amides is 1. The molecule has 7 nitrogen and oxygen atoms in total. The molecule has 0 bridgehead atoms. The van der Waals surface area contributed by atoms with Gasteiger partial charge in [0, 0.05) is 12.4 Å². The van der Waals surface area contributed by atoms with Crippen molar-refractivity contribution in [1.29, 1.82) is 0 Å². The van der Waals surface area contributed by atoms with Gasteiger partial charge in [-0.2, -0.15) is 0 Å². The summed E-state index contributed by atoms with van der Waals surface area (Å²) in [6, 6.07) is 2.45. The van der Waals surface area contributed by atoms with E-state index >= 15 is 0 Å². The first-order valence-electron chi connectivity index (χ1n) is 7.31. The fourth-order valence-corrected chi connectivity index (χ4v) is 2.27. The second-order valence-electron chi connectivity index (χ2n) is 5.91. The smallest absolute Gasteiger partial charge is 0.326 e. The fraction of sp³-hybridized carbons (Fsp3) is 0.375. The van der Waals surface area contributed by atoms with Crippen LogP contribution in [0.3, 0.4) is 0 Å². The number of carboxylic acids is 1. The monoisotopic (exact) mass is 317 g/mol. The maximum Gasteiger partial charge on any atom is 0.326 e. The van der Waals surface area contributed by atoms with Crippen molar-refractivity contribution in [2.75, 3.05) is 0 Å². The van der Waals surface area contributed by atoms with Crippen LogP contribution in [0.15, 0.2) is 29.3 Å². The number of fused-ring (bicyclic) bond motifs is 1. The van der Waals surface area contributed by atoms with Gasteiger partial charge in [-0.05, 0) is 30.9 Å². The van der Waals surface area contributed by atoms with E-state index < -0.39 is 23.5 Å². The van der Waals surface area contributed by atoms with Crippen LogP contribution in [-0.4, -0.2) is 32.4 Å². The molecule has 0 saturated carbocycles. The number of carboxylic acid groups (broad SMARTS) is 1. The van der Waals surface area contributed by atoms with Gasteiger partial charge in [-0.1, -0.05) is 19.9 Å². The van der Waals surface area contributed by atoms with Crippen LogP contribution in [0.2, 0.25) is 0 Å². The van der Waals surface area contributed by atoms with Crippen molar-refractivity contribution >= 4 is 17.5 Å². The predicted molar refractivity (Wildman–Crippen MR) is 84.5 cm³/mol. The SMILES string of the molecule is Cc1ccc2ncc(C(=O)N[C@@H](CC(C)C)C(=O)O)c(=O)n2c1. The Morgan fingerprint density at radius 2 is 2.04 bits per heavy atom. The third-order valence-electron chi connectivity index (χ3n) is 3.41. The third-order valence-corrected chi connectivity index (χ3v) is 3.41. The zero-order valence-electron chi connectivity index (χ0n) is 13.2. The third kappa shape index (κ3) is 3.74. The average molecular weight is 317 g/mol. The molecule has 0 radical (unpaired) electrons. The molecule has 1 amide bonds. The van der Waals surface area contributed by atoms with E-state index in [1.165, 1.54) is 10.6 Å². The van der Waals surface area contributed by atoms with E-state index in [9.17, 15) is 19.5 Å². The minimum Gasteiger partial charge on any atom is -0.480 e. The summed E-state index contributed by atoms with van der Waals surface area (Å²) in [5, 5.41) is 11.6. The van der Waals surface area contributed by atoms with Crippen molar-refractivity contribution in [3.8, 4) is 0 Å². The molecule has 122 valence electrons. The fourth-order valence-electron chi connectivity index (χ4n) is 2.27. The molecular formula is C16H19N3O4. The number of nitrogens with zero attached hydrogens (tertiary/aromatic N) is 2. The van der Waals surface area contributed by atoms with E-state index in [0.29, 0.717) is 5.65 Å². The molecule has 23 heavy (non-hydrogen) atoms. The van der Waals surface area contributed by atoms with Gasteiger partial charge >= 0.3 is 5.97 Å². The van der Waals surface area contributed by atoms with E-state index in [1.807, 2.05) is 26.8 Å². The molecule has 1 atom stereocenters. The van der Waals surface area contributed by atoms with Gasteiger partial charge in [0.05, 0.1) is 0 Å². The first-order chi connectivity index (χ1) is 10.8. The number of pyridine rings is 1. The maximum atomic E-state index is 12.4. The zero-order valence-corrected chi connectivity index (χ0v) is 13.2. The Bertz CT molecular complexity index is 811. The molecule has 0 aliphatic rings. The number of aliphatic carboxylic acids is 1. The van der Waals surface area contributed by atoms with Gasteiger partial charge in [0.25, 0.3) is 11.5 Å². The first-order valence-corrected chi connectivity index (χ1v) is 7.31. The zero-order chi connectivity index (χ0) is 17.1. The Hall–Kier alpha value is -2.70. The van der Waals surface area contributed by atoms with Gasteiger partial charge in [0.1, 0.15) is 17.3 Å². The lowest BCUT2D eigenvalue weighted by atomic mass is 10.0. The van der Waals surface area contributed by atoms with Crippen molar-refractivity contribution in [3.63, 3.8) is 0 Å². The summed E-state index contributed by atoms with van der Waals surface area (Å²) in [7, 11) is 0. The second-order valence-corrected chi connectivity index (χ2v) is 5.91. The largest absolute Gasteiger partial charge is 0.480 e. The number of carbonyl (C=O) groups is 2. The Balaban J connectivity index is 2.35. The van der Waals surface area contributed by atoms with E-state index in [0.717, 1.165) is 5.56 Å². The van der Waals surface area contributed by atoms with Gasteiger partial charge in [0.15, 0.2) is 0 Å². The highest BCUT2D eigenvalue weighted by Gasteiger charge is 2.23. The second kappa shape index (κ2) is 6.60. The van der Waals surface area contributed by atoms with Gasteiger partial charge < -0.3 is 10.4 Å². The number of aryl methyl sites for hydroxylation is 1. The first kappa shape index (κ1) is 16.7. The van der Waals surface area contributed by atoms with Crippen LogP contribution in [0.25, 0.3) is 5.65 Å². The summed E-state index contributed by atoms with van der Waals surface area (Å²) in [5.41, 5.74) is 0.573. The summed E-state index contributed by atoms with van der Waals surface area (Å²) in [6.07, 6.45) is 3.05. The van der Waals surface area contributed by atoms with Crippen molar-refractivity contribution in [2.24, 2.45) is 5.92 Å². The standard InChI is InChI=1S/C16H19N3O4/c1-9(2)6-12(16(22)23)18-14(20)11-7-17-13-5-4-10(3)8-19(13)15(11)21/h4-5,7-9,12H,6H2,1-3H3,(H,18,20)(H,22,23)/t12-/m0/s1. The van der Waals surface area contributed by atoms with Gasteiger partial charge in [0.2, 0.25) is 0 Å². The Kier molecular flexibility index (Phi) is 4.78. The summed E-state index contributed by atoms with van der Waals surface area (Å²) in [6.45, 7) is 5.54. The minimum atomic E-state index is -1.13. The number of carbonyl (C=O) groups excluding carboxylic acids is 1. The molecule has 0 spiro atoms. The lowest BCUT2D eigenvalue weighted by Gasteiger charge is -2.16.